The van der Waals surface area contributed by atoms with Crippen molar-refractivity contribution in [2.24, 2.45) is 16.7 Å². The van der Waals surface area contributed by atoms with Crippen LogP contribution in [0.25, 0.3) is 15.7 Å². The van der Waals surface area contributed by atoms with Gasteiger partial charge < -0.3 is 24.7 Å². The Labute approximate surface area is 228 Å². The van der Waals surface area contributed by atoms with E-state index >= 15 is 0 Å². The molecule has 1 amide bonds. The van der Waals surface area contributed by atoms with Crippen molar-refractivity contribution < 1.29 is 14.3 Å². The number of rotatable bonds is 6. The molecule has 0 bridgehead atoms. The van der Waals surface area contributed by atoms with E-state index in [4.69, 9.17) is 11.3 Å². The summed E-state index contributed by atoms with van der Waals surface area (Å²) in [5.41, 5.74) is 1.42. The molecule has 1 saturated carbocycles. The lowest BCUT2D eigenvalue weighted by molar-refractivity contribution is -0.163. The van der Waals surface area contributed by atoms with Gasteiger partial charge in [0.25, 0.3) is 5.91 Å². The number of fused-ring (bicyclic) bond motifs is 1. The monoisotopic (exact) mass is 526 g/mol. The summed E-state index contributed by atoms with van der Waals surface area (Å²) in [5.74, 6) is 0.433. The number of nitrogens with one attached hydrogen (secondary N) is 2. The Morgan fingerprint density at radius 1 is 1.08 bits per heavy atom. The summed E-state index contributed by atoms with van der Waals surface area (Å²) >= 11 is 0. The molecule has 2 N–H and O–H groups in total. The smallest absolute Gasteiger partial charge is 0.251 e. The molecule has 1 aliphatic heterocycles. The summed E-state index contributed by atoms with van der Waals surface area (Å²) in [5, 5.41) is 3.59. The predicted octanol–water partition coefficient (Wildman–Crippen LogP) is 5.11. The van der Waals surface area contributed by atoms with Gasteiger partial charge >= 0.3 is 0 Å². The summed E-state index contributed by atoms with van der Waals surface area (Å²) in [4.78, 5) is 45.8. The van der Waals surface area contributed by atoms with Gasteiger partial charge in [0.15, 0.2) is 5.43 Å². The fraction of sp³-hybridized carbons (Fsp3) is 0.419. The number of hydrogen-bond acceptors (Lipinski definition) is 5. The van der Waals surface area contributed by atoms with Crippen LogP contribution < -0.4 is 20.4 Å². The number of H-pyrrole nitrogens is 1. The van der Waals surface area contributed by atoms with Crippen molar-refractivity contribution in [3.8, 4) is 5.75 Å². The van der Waals surface area contributed by atoms with Gasteiger partial charge in [-0.15, -0.1) is 0 Å². The molecule has 2 heterocycles. The minimum absolute atomic E-state index is 0.144. The maximum atomic E-state index is 13.3. The van der Waals surface area contributed by atoms with Gasteiger partial charge in [0.1, 0.15) is 18.1 Å². The van der Waals surface area contributed by atoms with E-state index in [1.54, 1.807) is 12.1 Å². The van der Waals surface area contributed by atoms with Crippen LogP contribution in [0.2, 0.25) is 0 Å². The SMILES string of the molecule is [C-]#[N+]c1ccc(OC2C(C)(C)C(NC(=O)c3ccc(N4CCC(C=O)CC4)cc3)C2(C)C)c2c(=O)cc[nH]c12. The predicted molar refractivity (Wildman–Crippen MR) is 152 cm³/mol. The minimum Gasteiger partial charge on any atom is -0.488 e. The molecule has 0 spiro atoms. The zero-order chi connectivity index (χ0) is 27.9. The van der Waals surface area contributed by atoms with E-state index in [0.29, 0.717) is 27.9 Å². The number of aromatic amines is 1. The van der Waals surface area contributed by atoms with E-state index in [1.165, 1.54) is 12.3 Å². The van der Waals surface area contributed by atoms with Gasteiger partial charge in [-0.25, -0.2) is 4.85 Å². The number of amides is 1. The van der Waals surface area contributed by atoms with E-state index in [9.17, 15) is 14.4 Å². The van der Waals surface area contributed by atoms with Crippen LogP contribution in [0.15, 0.2) is 53.5 Å². The summed E-state index contributed by atoms with van der Waals surface area (Å²) in [6.07, 6.45) is 4.02. The first kappa shape index (κ1) is 26.5. The number of pyridine rings is 1. The Bertz CT molecular complexity index is 1490. The number of ether oxygens (including phenoxy) is 1. The van der Waals surface area contributed by atoms with Gasteiger partial charge in [-0.2, -0.15) is 0 Å². The Balaban J connectivity index is 1.31. The number of benzene rings is 2. The van der Waals surface area contributed by atoms with Gasteiger partial charge in [-0.3, -0.25) is 9.59 Å². The summed E-state index contributed by atoms with van der Waals surface area (Å²) in [6, 6.07) is 12.2. The molecule has 39 heavy (non-hydrogen) atoms. The van der Waals surface area contributed by atoms with E-state index in [0.717, 1.165) is 37.9 Å². The number of anilines is 1. The number of aldehydes is 1. The molecule has 2 aromatic carbocycles. The van der Waals surface area contributed by atoms with Crippen LogP contribution in [0, 0.1) is 23.3 Å². The zero-order valence-electron chi connectivity index (χ0n) is 22.8. The second-order valence-electron chi connectivity index (χ2n) is 11.8. The molecule has 8 nitrogen and oxygen atoms in total. The Kier molecular flexibility index (Phi) is 6.71. The Hall–Kier alpha value is -4.12. The third kappa shape index (κ3) is 4.56. The second kappa shape index (κ2) is 9.88. The number of carbonyl (C=O) groups excluding carboxylic acids is 2. The van der Waals surface area contributed by atoms with Crippen LogP contribution in [0.3, 0.4) is 0 Å². The number of nitrogens with zero attached hydrogens (tertiary/aromatic N) is 2. The minimum atomic E-state index is -0.422. The first-order valence-corrected chi connectivity index (χ1v) is 13.4. The topological polar surface area (TPSA) is 95.9 Å². The van der Waals surface area contributed by atoms with Crippen LogP contribution in [0.5, 0.6) is 5.75 Å². The zero-order valence-corrected chi connectivity index (χ0v) is 22.8. The molecule has 0 atom stereocenters. The molecule has 2 fully saturated rings. The van der Waals surface area contributed by atoms with Crippen LogP contribution >= 0.6 is 0 Å². The molecule has 1 aromatic heterocycles. The van der Waals surface area contributed by atoms with Crippen molar-refractivity contribution in [3.05, 3.63) is 75.9 Å². The summed E-state index contributed by atoms with van der Waals surface area (Å²) in [6.45, 7) is 17.3. The Morgan fingerprint density at radius 3 is 2.36 bits per heavy atom. The summed E-state index contributed by atoms with van der Waals surface area (Å²) in [7, 11) is 0. The molecule has 8 heteroatoms. The number of aromatic nitrogens is 1. The number of carbonyl (C=O) groups is 2. The maximum absolute atomic E-state index is 13.3. The lowest BCUT2D eigenvalue weighted by atomic mass is 9.49. The lowest BCUT2D eigenvalue weighted by Gasteiger charge is -2.63. The second-order valence-corrected chi connectivity index (χ2v) is 11.8. The van der Waals surface area contributed by atoms with Crippen molar-refractivity contribution in [1.82, 2.24) is 10.3 Å². The van der Waals surface area contributed by atoms with Crippen LogP contribution in [-0.4, -0.2) is 42.4 Å². The normalized spacial score (nSPS) is 22.0. The highest BCUT2D eigenvalue weighted by Gasteiger charge is 2.64. The van der Waals surface area contributed by atoms with Crippen LogP contribution in [0.1, 0.15) is 50.9 Å². The van der Waals surface area contributed by atoms with Gasteiger partial charge in [0.05, 0.1) is 17.5 Å². The highest BCUT2D eigenvalue weighted by molar-refractivity contribution is 5.96. The quantitative estimate of drug-likeness (QED) is 0.344. The molecular weight excluding hydrogens is 492 g/mol. The van der Waals surface area contributed by atoms with Gasteiger partial charge in [-0.1, -0.05) is 33.8 Å². The van der Waals surface area contributed by atoms with Gasteiger partial charge in [0, 0.05) is 59.4 Å². The standard InChI is InChI=1S/C31H34N4O4/c1-30(2)28(34-27(38)20-6-8-21(9-7-20)35-16-13-19(18-36)14-17-35)31(3,4)29(30)39-24-11-10-22(32-5)26-25(24)23(37)12-15-33-26/h6-12,15,18-19,28-29H,13-14,16-17H2,1-4H3,(H,33,37)(H,34,38). The van der Waals surface area contributed by atoms with E-state index < -0.39 is 10.8 Å². The fourth-order valence-corrected chi connectivity index (χ4v) is 6.70. The molecule has 1 saturated heterocycles. The number of piperidine rings is 1. The summed E-state index contributed by atoms with van der Waals surface area (Å²) < 4.78 is 6.49. The molecule has 0 radical (unpaired) electrons. The van der Waals surface area contributed by atoms with E-state index in [-0.39, 0.29) is 29.4 Å². The van der Waals surface area contributed by atoms with Gasteiger partial charge in [-0.05, 0) is 43.2 Å². The van der Waals surface area contributed by atoms with Crippen molar-refractivity contribution in [2.75, 3.05) is 18.0 Å². The van der Waals surface area contributed by atoms with Crippen LogP contribution in [0.4, 0.5) is 11.4 Å². The largest absolute Gasteiger partial charge is 0.488 e. The lowest BCUT2D eigenvalue weighted by Crippen LogP contribution is -2.74. The highest BCUT2D eigenvalue weighted by atomic mass is 16.5. The van der Waals surface area contributed by atoms with Crippen molar-refractivity contribution in [3.63, 3.8) is 0 Å². The fourth-order valence-electron chi connectivity index (χ4n) is 6.70. The first-order chi connectivity index (χ1) is 18.6. The van der Waals surface area contributed by atoms with Crippen LogP contribution in [-0.2, 0) is 4.79 Å². The molecule has 3 aromatic rings. The average Bonchev–Trinajstić information content (AvgIpc) is 2.94. The molecule has 0 unspecified atom stereocenters. The Morgan fingerprint density at radius 2 is 1.74 bits per heavy atom. The third-order valence-electron chi connectivity index (χ3n) is 8.56. The molecule has 1 aliphatic carbocycles. The molecule has 2 aliphatic rings. The number of hydrogen-bond donors (Lipinski definition) is 2. The first-order valence-electron chi connectivity index (χ1n) is 13.4. The van der Waals surface area contributed by atoms with Crippen molar-refractivity contribution in [2.45, 2.75) is 52.7 Å². The van der Waals surface area contributed by atoms with Crippen molar-refractivity contribution in [1.29, 1.82) is 0 Å². The van der Waals surface area contributed by atoms with Gasteiger partial charge in [0.2, 0.25) is 5.69 Å². The van der Waals surface area contributed by atoms with E-state index in [1.807, 2.05) is 24.3 Å². The molecular formula is C31H34N4O4. The molecule has 202 valence electrons. The van der Waals surface area contributed by atoms with E-state index in [2.05, 4.69) is 47.7 Å². The third-order valence-corrected chi connectivity index (χ3v) is 8.56. The van der Waals surface area contributed by atoms with Crippen molar-refractivity contribution >= 4 is 34.5 Å². The maximum Gasteiger partial charge on any atom is 0.251 e. The molecule has 5 rings (SSSR count). The highest BCUT2D eigenvalue weighted by Crippen LogP contribution is 2.56. The average molecular weight is 527 g/mol.